The Morgan fingerprint density at radius 2 is 0.952 bits per heavy atom. The van der Waals surface area contributed by atoms with Crippen LogP contribution >= 0.6 is 11.3 Å². The van der Waals surface area contributed by atoms with Crippen LogP contribution in [0, 0.1) is 0 Å². The van der Waals surface area contributed by atoms with Gasteiger partial charge in [-0.1, -0.05) is 176 Å². The zero-order valence-electron chi connectivity index (χ0n) is 44.6. The molecule has 290 valence electrons. The molecule has 0 aliphatic rings. The SMILES string of the molecule is [2H]c1c([2H])c([2H])c(-c2c([2H])c([2H])c3c(c2[2H])c2c([2H])c([2H])c([2H])c([2H])c2n3-c2ccc(-c3ccc4c(c3)sc3ccccc34)cc2-c2nc(-c3ccccc3)nc(-c3ccc(-c4ccccc4)cc3)n2)c([2H])c1[2H]. The van der Waals surface area contributed by atoms with Crippen molar-refractivity contribution in [2.45, 2.75) is 0 Å². The van der Waals surface area contributed by atoms with E-state index in [2.05, 4.69) is 24.3 Å². The Bertz CT molecular complexity index is 4300. The third kappa shape index (κ3) is 6.26. The summed E-state index contributed by atoms with van der Waals surface area (Å²) in [5.41, 5.74) is 4.33. The minimum Gasteiger partial charge on any atom is -0.309 e. The van der Waals surface area contributed by atoms with Crippen molar-refractivity contribution in [2.75, 3.05) is 0 Å². The van der Waals surface area contributed by atoms with Gasteiger partial charge in [0.1, 0.15) is 0 Å². The molecule has 9 aromatic carbocycles. The van der Waals surface area contributed by atoms with Crippen molar-refractivity contribution >= 4 is 53.3 Å². The molecule has 3 heterocycles. The van der Waals surface area contributed by atoms with Crippen LogP contribution in [0.4, 0.5) is 0 Å². The molecular weight excluding hydrogens is 773 g/mol. The molecule has 0 aliphatic heterocycles. The summed E-state index contributed by atoms with van der Waals surface area (Å²) in [5, 5.41) is 1.89. The van der Waals surface area contributed by atoms with E-state index in [9.17, 15) is 6.85 Å². The summed E-state index contributed by atoms with van der Waals surface area (Å²) in [6.07, 6.45) is 0. The van der Waals surface area contributed by atoms with E-state index in [1.54, 1.807) is 17.4 Å². The molecule has 0 unspecified atom stereocenters. The van der Waals surface area contributed by atoms with Gasteiger partial charge in [0.05, 0.1) is 33.2 Å². The van der Waals surface area contributed by atoms with Gasteiger partial charge in [-0.3, -0.25) is 0 Å². The lowest BCUT2D eigenvalue weighted by Gasteiger charge is -2.16. The molecule has 5 heteroatoms. The average Bonchev–Trinajstić information content (AvgIpc) is 4.02. The van der Waals surface area contributed by atoms with Gasteiger partial charge >= 0.3 is 0 Å². The van der Waals surface area contributed by atoms with Crippen molar-refractivity contribution < 1.29 is 16.4 Å². The Morgan fingerprint density at radius 1 is 0.371 bits per heavy atom. The first-order valence-corrected chi connectivity index (χ1v) is 20.7. The lowest BCUT2D eigenvalue weighted by Crippen LogP contribution is -2.04. The van der Waals surface area contributed by atoms with Gasteiger partial charge < -0.3 is 4.57 Å². The molecule has 62 heavy (non-hydrogen) atoms. The number of thiophene rings is 1. The Morgan fingerprint density at radius 3 is 1.76 bits per heavy atom. The molecule has 0 radical (unpaired) electrons. The molecule has 0 N–H and O–H groups in total. The van der Waals surface area contributed by atoms with Gasteiger partial charge in [-0.25, -0.2) is 15.0 Å². The molecule has 0 amide bonds. The van der Waals surface area contributed by atoms with E-state index in [1.807, 2.05) is 115 Å². The fraction of sp³-hybridized carbons (Fsp3) is 0. The van der Waals surface area contributed by atoms with Crippen LogP contribution in [-0.2, 0) is 0 Å². The molecule has 4 nitrogen and oxygen atoms in total. The zero-order valence-corrected chi connectivity index (χ0v) is 33.4. The lowest BCUT2D eigenvalue weighted by atomic mass is 9.99. The van der Waals surface area contributed by atoms with Crippen LogP contribution in [0.3, 0.4) is 0 Å². The van der Waals surface area contributed by atoms with E-state index in [4.69, 9.17) is 24.5 Å². The van der Waals surface area contributed by atoms with Crippen LogP contribution in [0.2, 0.25) is 0 Å². The van der Waals surface area contributed by atoms with Crippen molar-refractivity contribution in [3.63, 3.8) is 0 Å². The summed E-state index contributed by atoms with van der Waals surface area (Å²) in [4.78, 5) is 15.3. The van der Waals surface area contributed by atoms with Gasteiger partial charge in [-0.2, -0.15) is 0 Å². The highest BCUT2D eigenvalue weighted by Crippen LogP contribution is 2.41. The highest BCUT2D eigenvalue weighted by molar-refractivity contribution is 7.25. The van der Waals surface area contributed by atoms with E-state index < -0.39 is 83.6 Å². The number of aromatic nitrogens is 4. The number of nitrogens with zero attached hydrogens (tertiary/aromatic N) is 4. The lowest BCUT2D eigenvalue weighted by molar-refractivity contribution is 1.06. The van der Waals surface area contributed by atoms with Gasteiger partial charge in [0.2, 0.25) is 0 Å². The number of rotatable bonds is 7. The van der Waals surface area contributed by atoms with Crippen LogP contribution in [0.15, 0.2) is 218 Å². The summed E-state index contributed by atoms with van der Waals surface area (Å²) >= 11 is 1.67. The molecule has 0 saturated heterocycles. The van der Waals surface area contributed by atoms with Gasteiger partial charge in [-0.05, 0) is 75.8 Å². The Balaban J connectivity index is 1.19. The fourth-order valence-electron chi connectivity index (χ4n) is 8.03. The third-order valence-electron chi connectivity index (χ3n) is 11.0. The molecule has 12 rings (SSSR count). The van der Waals surface area contributed by atoms with Crippen molar-refractivity contribution in [3.05, 3.63) is 218 Å². The minimum atomic E-state index is -0.703. The first-order valence-electron chi connectivity index (χ1n) is 25.9. The Kier molecular flexibility index (Phi) is 6.16. The maximum absolute atomic E-state index is 9.80. The van der Waals surface area contributed by atoms with Crippen molar-refractivity contribution in [1.29, 1.82) is 0 Å². The summed E-state index contributed by atoms with van der Waals surface area (Å²) < 4.78 is 112. The Labute approximate surface area is 379 Å². The van der Waals surface area contributed by atoms with Crippen LogP contribution in [0.1, 0.15) is 16.4 Å². The summed E-state index contributed by atoms with van der Waals surface area (Å²) in [6.45, 7) is 0. The number of hydrogen-bond acceptors (Lipinski definition) is 4. The van der Waals surface area contributed by atoms with Crippen molar-refractivity contribution in [1.82, 2.24) is 19.5 Å². The Hall–Kier alpha value is -7.99. The second-order valence-electron chi connectivity index (χ2n) is 14.7. The summed E-state index contributed by atoms with van der Waals surface area (Å²) in [5.74, 6) is 0.819. The summed E-state index contributed by atoms with van der Waals surface area (Å²) in [6, 6.07) is 39.6. The standard InChI is InChI=1S/C57H36N4S/c1-4-14-37(15-5-1)39-24-26-41(27-25-39)56-58-55(40-18-8-3-9-19-40)59-57(60-56)49-35-43(44-28-31-47-46-21-11-13-23-53(46)62-54(47)36-44)30-33-52(49)61-50-22-12-10-20-45(50)48-34-42(29-32-51(48)61)38-16-6-2-7-17-38/h1-36H/i2D,6D,7D,10D,12D,16D,17D,20D,22D,29D,32D,34D. The third-order valence-corrected chi connectivity index (χ3v) is 12.1. The van der Waals surface area contributed by atoms with Gasteiger partial charge in [-0.15, -0.1) is 11.3 Å². The average molecular weight is 821 g/mol. The molecule has 0 aliphatic carbocycles. The molecule has 0 atom stereocenters. The maximum Gasteiger partial charge on any atom is 0.166 e. The number of fused-ring (bicyclic) bond motifs is 6. The monoisotopic (exact) mass is 820 g/mol. The predicted octanol–water partition coefficient (Wildman–Crippen LogP) is 15.3. The minimum absolute atomic E-state index is 0.125. The number of hydrogen-bond donors (Lipinski definition) is 0. The van der Waals surface area contributed by atoms with Gasteiger partial charge in [0.15, 0.2) is 17.5 Å². The quantitative estimate of drug-likeness (QED) is 0.161. The molecule has 0 spiro atoms. The van der Waals surface area contributed by atoms with Crippen molar-refractivity contribution in [2.24, 2.45) is 0 Å². The smallest absolute Gasteiger partial charge is 0.166 e. The number of para-hydroxylation sites is 1. The normalized spacial score (nSPS) is 14.3. The molecule has 0 fully saturated rings. The van der Waals surface area contributed by atoms with Gasteiger partial charge in [0, 0.05) is 47.6 Å². The van der Waals surface area contributed by atoms with Crippen LogP contribution in [0.5, 0.6) is 0 Å². The maximum atomic E-state index is 9.80. The van der Waals surface area contributed by atoms with E-state index in [0.29, 0.717) is 28.3 Å². The van der Waals surface area contributed by atoms with Crippen LogP contribution in [-0.4, -0.2) is 19.5 Å². The fourth-order valence-corrected chi connectivity index (χ4v) is 9.18. The number of benzene rings is 9. The first kappa shape index (κ1) is 25.6. The molecule has 0 bridgehead atoms. The molecule has 0 saturated carbocycles. The highest BCUT2D eigenvalue weighted by Gasteiger charge is 2.21. The first-order chi connectivity index (χ1) is 35.7. The van der Waals surface area contributed by atoms with E-state index in [1.165, 1.54) is 4.57 Å². The van der Waals surface area contributed by atoms with E-state index >= 15 is 0 Å². The topological polar surface area (TPSA) is 43.6 Å². The molecule has 3 aromatic heterocycles. The van der Waals surface area contributed by atoms with Crippen LogP contribution in [0.25, 0.3) is 115 Å². The zero-order chi connectivity index (χ0) is 51.4. The molecular formula is C57H36N4S. The largest absolute Gasteiger partial charge is 0.309 e. The summed E-state index contributed by atoms with van der Waals surface area (Å²) in [7, 11) is 0. The predicted molar refractivity (Wildman–Crippen MR) is 260 cm³/mol. The van der Waals surface area contributed by atoms with E-state index in [0.717, 1.165) is 42.4 Å². The van der Waals surface area contributed by atoms with E-state index in [-0.39, 0.29) is 33.3 Å². The van der Waals surface area contributed by atoms with Crippen LogP contribution < -0.4 is 0 Å². The molecule has 12 aromatic rings. The van der Waals surface area contributed by atoms with Crippen molar-refractivity contribution in [3.8, 4) is 73.2 Å². The highest BCUT2D eigenvalue weighted by atomic mass is 32.1. The second-order valence-corrected chi connectivity index (χ2v) is 15.8. The van der Waals surface area contributed by atoms with Gasteiger partial charge in [0.25, 0.3) is 0 Å². The second kappa shape index (κ2) is 14.9.